The maximum Gasteiger partial charge on any atom is 0.266 e. The van der Waals surface area contributed by atoms with E-state index in [2.05, 4.69) is 32.2 Å². The molecular formula is C18H21F2N7. The van der Waals surface area contributed by atoms with E-state index in [0.717, 1.165) is 18.5 Å². The van der Waals surface area contributed by atoms with Crippen LogP contribution in [-0.4, -0.2) is 49.0 Å². The van der Waals surface area contributed by atoms with Crippen molar-refractivity contribution in [1.29, 1.82) is 0 Å². The zero-order valence-corrected chi connectivity index (χ0v) is 15.1. The molecule has 0 N–H and O–H groups in total. The number of unbranched alkanes of at least 4 members (excludes halogenated alkanes) is 1. The Hall–Kier alpha value is -2.71. The molecule has 1 fully saturated rings. The fourth-order valence-electron chi connectivity index (χ4n) is 3.22. The minimum absolute atomic E-state index is 0.176. The second-order valence-electron chi connectivity index (χ2n) is 6.83. The highest BCUT2D eigenvalue weighted by atomic mass is 19.3. The Morgan fingerprint density at radius 3 is 2.81 bits per heavy atom. The van der Waals surface area contributed by atoms with Crippen LogP contribution in [0.1, 0.15) is 37.7 Å². The van der Waals surface area contributed by atoms with E-state index >= 15 is 0 Å². The summed E-state index contributed by atoms with van der Waals surface area (Å²) >= 11 is 0. The molecule has 3 aromatic heterocycles. The van der Waals surface area contributed by atoms with Gasteiger partial charge in [-0.3, -0.25) is 4.98 Å². The molecule has 1 saturated heterocycles. The van der Waals surface area contributed by atoms with E-state index in [1.54, 1.807) is 15.8 Å². The first-order valence-electron chi connectivity index (χ1n) is 9.18. The van der Waals surface area contributed by atoms with Crippen LogP contribution in [0, 0.1) is 0 Å². The predicted octanol–water partition coefficient (Wildman–Crippen LogP) is 2.85. The number of halogens is 2. The van der Waals surface area contributed by atoms with Crippen molar-refractivity contribution in [2.24, 2.45) is 0 Å². The number of aryl methyl sites for hydroxylation is 1. The van der Waals surface area contributed by atoms with Crippen molar-refractivity contribution >= 4 is 17.0 Å². The molecule has 0 bridgehead atoms. The van der Waals surface area contributed by atoms with Gasteiger partial charge in [-0.1, -0.05) is 24.6 Å². The van der Waals surface area contributed by atoms with Crippen LogP contribution in [0.15, 0.2) is 24.4 Å². The molecule has 0 amide bonds. The number of aromatic nitrogens is 6. The van der Waals surface area contributed by atoms with Gasteiger partial charge in [0.2, 0.25) is 0 Å². The van der Waals surface area contributed by atoms with E-state index in [0.29, 0.717) is 35.8 Å². The highest BCUT2D eigenvalue weighted by Crippen LogP contribution is 2.32. The molecule has 0 spiro atoms. The van der Waals surface area contributed by atoms with Crippen molar-refractivity contribution in [2.45, 2.75) is 45.1 Å². The lowest BCUT2D eigenvalue weighted by atomic mass is 10.2. The number of rotatable bonds is 6. The summed E-state index contributed by atoms with van der Waals surface area (Å²) in [6.45, 7) is 2.41. The van der Waals surface area contributed by atoms with E-state index in [9.17, 15) is 8.78 Å². The van der Waals surface area contributed by atoms with Gasteiger partial charge in [-0.2, -0.15) is 0 Å². The van der Waals surface area contributed by atoms with Gasteiger partial charge < -0.3 is 4.90 Å². The first kappa shape index (κ1) is 17.7. The van der Waals surface area contributed by atoms with Crippen molar-refractivity contribution in [2.75, 3.05) is 18.0 Å². The number of anilines is 1. The van der Waals surface area contributed by atoms with Crippen molar-refractivity contribution < 1.29 is 8.78 Å². The smallest absolute Gasteiger partial charge is 0.266 e. The molecule has 3 aromatic rings. The van der Waals surface area contributed by atoms with Gasteiger partial charge >= 0.3 is 0 Å². The summed E-state index contributed by atoms with van der Waals surface area (Å²) in [5, 5.41) is 8.39. The standard InChI is InChI=1S/C18H21F2N7/c1-2-3-7-14-22-16(26-10-8-18(19,20)12-26)15-17(23-14)27(25-24-15)11-13-6-4-5-9-21-13/h4-6,9H,2-3,7-8,10-12H2,1H3. The molecular weight excluding hydrogens is 352 g/mol. The summed E-state index contributed by atoms with van der Waals surface area (Å²) in [6, 6.07) is 5.65. The van der Waals surface area contributed by atoms with Crippen molar-refractivity contribution in [3.05, 3.63) is 35.9 Å². The second-order valence-corrected chi connectivity index (χ2v) is 6.83. The first-order chi connectivity index (χ1) is 13.1. The topological polar surface area (TPSA) is 72.6 Å². The Bertz CT molecular complexity index is 926. The molecule has 1 aliphatic rings. The third-order valence-corrected chi connectivity index (χ3v) is 4.65. The monoisotopic (exact) mass is 373 g/mol. The van der Waals surface area contributed by atoms with Gasteiger partial charge in [-0.15, -0.1) is 5.10 Å². The molecule has 142 valence electrons. The molecule has 1 aliphatic heterocycles. The lowest BCUT2D eigenvalue weighted by molar-refractivity contribution is 0.0257. The Morgan fingerprint density at radius 2 is 2.11 bits per heavy atom. The Kier molecular flexibility index (Phi) is 4.67. The Labute approximate surface area is 155 Å². The SMILES string of the molecule is CCCCc1nc(N2CCC(F)(F)C2)c2nnn(Cc3ccccn3)c2n1. The Balaban J connectivity index is 1.75. The Morgan fingerprint density at radius 1 is 1.22 bits per heavy atom. The molecule has 0 radical (unpaired) electrons. The molecule has 0 atom stereocenters. The average molecular weight is 373 g/mol. The van der Waals surface area contributed by atoms with Crippen molar-refractivity contribution in [3.63, 3.8) is 0 Å². The van der Waals surface area contributed by atoms with Crippen LogP contribution in [0.5, 0.6) is 0 Å². The predicted molar refractivity (Wildman–Crippen MR) is 96.8 cm³/mol. The van der Waals surface area contributed by atoms with E-state index < -0.39 is 5.92 Å². The van der Waals surface area contributed by atoms with Crippen molar-refractivity contribution in [1.82, 2.24) is 29.9 Å². The first-order valence-corrected chi connectivity index (χ1v) is 9.18. The number of fused-ring (bicyclic) bond motifs is 1. The third kappa shape index (κ3) is 3.72. The van der Waals surface area contributed by atoms with Gasteiger partial charge in [-0.05, 0) is 18.6 Å². The number of pyridine rings is 1. The van der Waals surface area contributed by atoms with Crippen LogP contribution in [-0.2, 0) is 13.0 Å². The van der Waals surface area contributed by atoms with Gasteiger partial charge in [0.05, 0.1) is 18.8 Å². The van der Waals surface area contributed by atoms with Crippen LogP contribution in [0.4, 0.5) is 14.6 Å². The van der Waals surface area contributed by atoms with Crippen LogP contribution in [0.25, 0.3) is 11.2 Å². The summed E-state index contributed by atoms with van der Waals surface area (Å²) < 4.78 is 29.1. The van der Waals surface area contributed by atoms with Crippen LogP contribution >= 0.6 is 0 Å². The van der Waals surface area contributed by atoms with Gasteiger partial charge in [0.25, 0.3) is 5.92 Å². The normalized spacial score (nSPS) is 16.3. The van der Waals surface area contributed by atoms with Gasteiger partial charge in [0.15, 0.2) is 17.0 Å². The van der Waals surface area contributed by atoms with Gasteiger partial charge in [-0.25, -0.2) is 23.4 Å². The zero-order chi connectivity index (χ0) is 18.9. The average Bonchev–Trinajstić information content (AvgIpc) is 3.23. The fourth-order valence-corrected chi connectivity index (χ4v) is 3.22. The maximum atomic E-state index is 13.7. The summed E-state index contributed by atoms with van der Waals surface area (Å²) in [7, 11) is 0. The number of alkyl halides is 2. The summed E-state index contributed by atoms with van der Waals surface area (Å²) in [4.78, 5) is 15.1. The minimum atomic E-state index is -2.70. The third-order valence-electron chi connectivity index (χ3n) is 4.65. The van der Waals surface area contributed by atoms with E-state index in [1.165, 1.54) is 0 Å². The molecule has 9 heteroatoms. The maximum absolute atomic E-state index is 13.7. The number of nitrogens with zero attached hydrogens (tertiary/aromatic N) is 7. The van der Waals surface area contributed by atoms with Gasteiger partial charge in [0.1, 0.15) is 5.82 Å². The molecule has 0 saturated carbocycles. The quantitative estimate of drug-likeness (QED) is 0.662. The van der Waals surface area contributed by atoms with E-state index in [-0.39, 0.29) is 19.5 Å². The van der Waals surface area contributed by atoms with E-state index in [4.69, 9.17) is 0 Å². The van der Waals surface area contributed by atoms with Crippen LogP contribution in [0.3, 0.4) is 0 Å². The van der Waals surface area contributed by atoms with E-state index in [1.807, 2.05) is 18.2 Å². The molecule has 0 aliphatic carbocycles. The molecule has 0 unspecified atom stereocenters. The number of hydrogen-bond donors (Lipinski definition) is 0. The van der Waals surface area contributed by atoms with Gasteiger partial charge in [0, 0.05) is 25.6 Å². The summed E-state index contributed by atoms with van der Waals surface area (Å²) in [6.07, 6.45) is 4.17. The zero-order valence-electron chi connectivity index (χ0n) is 15.1. The molecule has 7 nitrogen and oxygen atoms in total. The molecule has 27 heavy (non-hydrogen) atoms. The number of hydrogen-bond acceptors (Lipinski definition) is 6. The van der Waals surface area contributed by atoms with Crippen LogP contribution in [0.2, 0.25) is 0 Å². The second kappa shape index (κ2) is 7.13. The van der Waals surface area contributed by atoms with Crippen molar-refractivity contribution in [3.8, 4) is 0 Å². The molecule has 4 heterocycles. The highest BCUT2D eigenvalue weighted by Gasteiger charge is 2.40. The fraction of sp³-hybridized carbons (Fsp3) is 0.500. The summed E-state index contributed by atoms with van der Waals surface area (Å²) in [5.74, 6) is -1.61. The summed E-state index contributed by atoms with van der Waals surface area (Å²) in [5.41, 5.74) is 1.85. The largest absolute Gasteiger partial charge is 0.348 e. The lowest BCUT2D eigenvalue weighted by Gasteiger charge is -2.18. The molecule has 0 aromatic carbocycles. The highest BCUT2D eigenvalue weighted by molar-refractivity contribution is 5.83. The molecule has 4 rings (SSSR count). The van der Waals surface area contributed by atoms with Crippen LogP contribution < -0.4 is 4.90 Å². The minimum Gasteiger partial charge on any atom is -0.348 e. The lowest BCUT2D eigenvalue weighted by Crippen LogP contribution is -2.26.